The first kappa shape index (κ1) is 21.7. The minimum absolute atomic E-state index is 0.0301. The molecule has 28 heavy (non-hydrogen) atoms. The van der Waals surface area contributed by atoms with E-state index in [1.54, 1.807) is 25.3 Å². The second kappa shape index (κ2) is 10.7. The molecule has 0 bridgehead atoms. The minimum Gasteiger partial charge on any atom is -0.385 e. The highest BCUT2D eigenvalue weighted by atomic mass is 32.2. The number of aliphatic imine (C=N–C) groups is 1. The summed E-state index contributed by atoms with van der Waals surface area (Å²) in [4.78, 5) is 17.7. The minimum atomic E-state index is -0.196. The molecule has 6 heteroatoms. The molecule has 2 aromatic carbocycles. The maximum Gasteiger partial charge on any atom is 0.251 e. The number of nitrogens with one attached hydrogen (secondary N) is 1. The Labute approximate surface area is 171 Å². The van der Waals surface area contributed by atoms with Gasteiger partial charge in [0.2, 0.25) is 0 Å². The van der Waals surface area contributed by atoms with Crippen molar-refractivity contribution >= 4 is 42.3 Å². The van der Waals surface area contributed by atoms with Crippen LogP contribution in [0.1, 0.15) is 21.5 Å². The number of aryl methyl sites for hydroxylation is 1. The number of carbonyl (C=O) groups is 1. The summed E-state index contributed by atoms with van der Waals surface area (Å²) in [6.45, 7) is 6.09. The van der Waals surface area contributed by atoms with Gasteiger partial charge in [-0.05, 0) is 41.8 Å². The quantitative estimate of drug-likeness (QED) is 0.240. The van der Waals surface area contributed by atoms with Crippen LogP contribution in [0, 0.1) is 6.92 Å². The van der Waals surface area contributed by atoms with Crippen molar-refractivity contribution in [1.29, 1.82) is 0 Å². The van der Waals surface area contributed by atoms with Crippen molar-refractivity contribution in [3.63, 3.8) is 0 Å². The van der Waals surface area contributed by atoms with Crippen LogP contribution in [-0.2, 0) is 0 Å². The normalized spacial score (nSPS) is 12.0. The first-order valence-electron chi connectivity index (χ1n) is 8.76. The van der Waals surface area contributed by atoms with Gasteiger partial charge in [0.15, 0.2) is 0 Å². The van der Waals surface area contributed by atoms with Gasteiger partial charge in [-0.1, -0.05) is 60.2 Å². The first-order chi connectivity index (χ1) is 13.5. The van der Waals surface area contributed by atoms with Crippen molar-refractivity contribution in [2.45, 2.75) is 11.8 Å². The molecule has 0 saturated heterocycles. The van der Waals surface area contributed by atoms with E-state index in [-0.39, 0.29) is 18.4 Å². The molecular formula is C22H23BN2O2S. The van der Waals surface area contributed by atoms with E-state index in [2.05, 4.69) is 16.9 Å². The van der Waals surface area contributed by atoms with Crippen molar-refractivity contribution < 1.29 is 9.90 Å². The number of hydrogen-bond donors (Lipinski definition) is 2. The summed E-state index contributed by atoms with van der Waals surface area (Å²) in [6.07, 6.45) is 3.62. The standard InChI is InChI=1S/C22H23BN2O2S/c1-4-16(17-6-5-7-19(23)10-17)11-20(24-3)13-25-22(27)18-9-8-15(2)21(12-18)28-14-26/h4-12,26H,1,13-14H2,2-3H3,(H,25,27)/b16-11+,24-20?. The Morgan fingerprint density at radius 1 is 1.29 bits per heavy atom. The van der Waals surface area contributed by atoms with E-state index in [0.717, 1.165) is 21.6 Å². The molecule has 0 unspecified atom stereocenters. The molecule has 2 rings (SSSR count). The molecule has 1 amide bonds. The Morgan fingerprint density at radius 3 is 2.71 bits per heavy atom. The first-order valence-corrected chi connectivity index (χ1v) is 9.75. The number of aliphatic hydroxyl groups is 1. The zero-order valence-corrected chi connectivity index (χ0v) is 16.9. The third kappa shape index (κ3) is 5.97. The van der Waals surface area contributed by atoms with Gasteiger partial charge in [0.25, 0.3) is 5.91 Å². The summed E-state index contributed by atoms with van der Waals surface area (Å²) >= 11 is 1.29. The molecule has 0 fully saturated rings. The lowest BCUT2D eigenvalue weighted by Gasteiger charge is -2.10. The fraction of sp³-hybridized carbons (Fsp3) is 0.182. The molecule has 2 aromatic rings. The summed E-state index contributed by atoms with van der Waals surface area (Å²) in [6, 6.07) is 12.9. The summed E-state index contributed by atoms with van der Waals surface area (Å²) in [5, 5.41) is 12.0. The van der Waals surface area contributed by atoms with Gasteiger partial charge in [-0.25, -0.2) is 0 Å². The Morgan fingerprint density at radius 2 is 2.07 bits per heavy atom. The molecule has 2 N–H and O–H groups in total. The molecule has 0 aliphatic rings. The topological polar surface area (TPSA) is 61.7 Å². The summed E-state index contributed by atoms with van der Waals surface area (Å²) in [7, 11) is 7.54. The van der Waals surface area contributed by atoms with Gasteiger partial charge < -0.3 is 10.4 Å². The monoisotopic (exact) mass is 390 g/mol. The molecule has 4 nitrogen and oxygen atoms in total. The molecule has 0 heterocycles. The number of carbonyl (C=O) groups excluding carboxylic acids is 1. The zero-order valence-electron chi connectivity index (χ0n) is 16.1. The number of hydrogen-bond acceptors (Lipinski definition) is 4. The molecule has 2 radical (unpaired) electrons. The van der Waals surface area contributed by atoms with Crippen molar-refractivity contribution in [3.8, 4) is 0 Å². The molecule has 0 saturated carbocycles. The number of amides is 1. The molecule has 0 aliphatic heterocycles. The molecule has 0 spiro atoms. The van der Waals surface area contributed by atoms with E-state index >= 15 is 0 Å². The Hall–Kier alpha value is -2.57. The van der Waals surface area contributed by atoms with Crippen LogP contribution in [0.25, 0.3) is 5.57 Å². The lowest BCUT2D eigenvalue weighted by atomic mass is 9.92. The van der Waals surface area contributed by atoms with Gasteiger partial charge in [-0.2, -0.15) is 0 Å². The average molecular weight is 390 g/mol. The summed E-state index contributed by atoms with van der Waals surface area (Å²) < 4.78 is 0. The number of benzene rings is 2. The van der Waals surface area contributed by atoms with Gasteiger partial charge in [0.05, 0.1) is 18.2 Å². The van der Waals surface area contributed by atoms with E-state index in [1.807, 2.05) is 43.3 Å². The second-order valence-corrected chi connectivity index (χ2v) is 7.07. The predicted molar refractivity (Wildman–Crippen MR) is 120 cm³/mol. The van der Waals surface area contributed by atoms with Gasteiger partial charge in [-0.15, -0.1) is 0 Å². The molecule has 0 aliphatic carbocycles. The highest BCUT2D eigenvalue weighted by Gasteiger charge is 2.09. The van der Waals surface area contributed by atoms with Gasteiger partial charge in [0.1, 0.15) is 7.85 Å². The fourth-order valence-electron chi connectivity index (χ4n) is 2.59. The Balaban J connectivity index is 2.12. The van der Waals surface area contributed by atoms with Crippen LogP contribution in [0.4, 0.5) is 0 Å². The fourth-order valence-corrected chi connectivity index (χ4v) is 3.24. The van der Waals surface area contributed by atoms with Gasteiger partial charge in [-0.3, -0.25) is 9.79 Å². The molecule has 0 atom stereocenters. The van der Waals surface area contributed by atoms with Gasteiger partial charge >= 0.3 is 0 Å². The number of rotatable bonds is 8. The largest absolute Gasteiger partial charge is 0.385 e. The van der Waals surface area contributed by atoms with Crippen LogP contribution in [0.2, 0.25) is 0 Å². The van der Waals surface area contributed by atoms with Gasteiger partial charge in [0, 0.05) is 17.5 Å². The molecule has 142 valence electrons. The molecule has 0 aromatic heterocycles. The highest BCUT2D eigenvalue weighted by molar-refractivity contribution is 7.99. The maximum atomic E-state index is 12.5. The van der Waals surface area contributed by atoms with E-state index < -0.39 is 0 Å². The van der Waals surface area contributed by atoms with E-state index in [1.165, 1.54) is 11.8 Å². The maximum absolute atomic E-state index is 12.5. The highest BCUT2D eigenvalue weighted by Crippen LogP contribution is 2.22. The lowest BCUT2D eigenvalue weighted by molar-refractivity contribution is 0.0959. The van der Waals surface area contributed by atoms with E-state index in [9.17, 15) is 4.79 Å². The summed E-state index contributed by atoms with van der Waals surface area (Å²) in [5.41, 5.74) is 4.76. The van der Waals surface area contributed by atoms with Crippen LogP contribution in [0.15, 0.2) is 71.1 Å². The lowest BCUT2D eigenvalue weighted by Crippen LogP contribution is -2.29. The SMILES string of the molecule is [B]c1cccc(/C(C=C)=C/C(CNC(=O)c2ccc(C)c(SCO)c2)=NC)c1. The average Bonchev–Trinajstić information content (AvgIpc) is 2.70. The Kier molecular flexibility index (Phi) is 8.29. The number of aliphatic hydroxyl groups excluding tert-OH is 1. The molecular weight excluding hydrogens is 367 g/mol. The van der Waals surface area contributed by atoms with Crippen molar-refractivity contribution in [3.05, 3.63) is 77.9 Å². The van der Waals surface area contributed by atoms with Crippen LogP contribution in [0.3, 0.4) is 0 Å². The third-order valence-electron chi connectivity index (χ3n) is 4.15. The summed E-state index contributed by atoms with van der Waals surface area (Å²) in [5.74, 6) is -0.226. The van der Waals surface area contributed by atoms with Crippen molar-refractivity contribution in [2.75, 3.05) is 19.5 Å². The van der Waals surface area contributed by atoms with E-state index in [0.29, 0.717) is 16.7 Å². The van der Waals surface area contributed by atoms with E-state index in [4.69, 9.17) is 13.0 Å². The van der Waals surface area contributed by atoms with Crippen LogP contribution in [0.5, 0.6) is 0 Å². The number of thioether (sulfide) groups is 1. The van der Waals surface area contributed by atoms with Crippen molar-refractivity contribution in [1.82, 2.24) is 5.32 Å². The van der Waals surface area contributed by atoms with Crippen LogP contribution in [-0.4, -0.2) is 44.1 Å². The zero-order chi connectivity index (χ0) is 20.5. The van der Waals surface area contributed by atoms with Crippen LogP contribution < -0.4 is 10.8 Å². The number of nitrogens with zero attached hydrogens (tertiary/aromatic N) is 1. The Bertz CT molecular complexity index is 923. The smallest absolute Gasteiger partial charge is 0.251 e. The van der Waals surface area contributed by atoms with Crippen molar-refractivity contribution in [2.24, 2.45) is 4.99 Å². The third-order valence-corrected chi connectivity index (χ3v) is 5.03. The van der Waals surface area contributed by atoms with Crippen LogP contribution >= 0.6 is 11.8 Å². The second-order valence-electron chi connectivity index (χ2n) is 6.08. The number of allylic oxidation sites excluding steroid dienone is 2. The predicted octanol–water partition coefficient (Wildman–Crippen LogP) is 2.90.